The van der Waals surface area contributed by atoms with Crippen LogP contribution in [0.15, 0.2) is 24.4 Å². The average Bonchev–Trinajstić information content (AvgIpc) is 2.96. The standard InChI is InChI=1S/C15H16Cl3N3O2/c1-3-9(2)21-14(4-5-19-21)20-15(22)8-23-13-7-11(17)10(16)6-12(13)18/h4-7,9H,3,8H2,1-2H3,(H,20,22). The molecule has 1 atom stereocenters. The fraction of sp³-hybridized carbons (Fsp3) is 0.333. The first-order valence-electron chi connectivity index (χ1n) is 7.03. The van der Waals surface area contributed by atoms with E-state index in [9.17, 15) is 4.79 Å². The van der Waals surface area contributed by atoms with E-state index in [0.29, 0.717) is 21.6 Å². The highest BCUT2D eigenvalue weighted by atomic mass is 35.5. The molecule has 0 radical (unpaired) electrons. The Morgan fingerprint density at radius 2 is 2.00 bits per heavy atom. The van der Waals surface area contributed by atoms with Crippen LogP contribution in [0.4, 0.5) is 5.82 Å². The molecule has 124 valence electrons. The highest BCUT2D eigenvalue weighted by molar-refractivity contribution is 6.43. The molecular weight excluding hydrogens is 361 g/mol. The van der Waals surface area contributed by atoms with E-state index in [2.05, 4.69) is 10.4 Å². The van der Waals surface area contributed by atoms with Gasteiger partial charge in [-0.15, -0.1) is 0 Å². The van der Waals surface area contributed by atoms with Crippen molar-refractivity contribution < 1.29 is 9.53 Å². The van der Waals surface area contributed by atoms with Gasteiger partial charge >= 0.3 is 0 Å². The SMILES string of the molecule is CCC(C)n1nccc1NC(=O)COc1cc(Cl)c(Cl)cc1Cl. The fourth-order valence-corrected chi connectivity index (χ4v) is 2.47. The number of aromatic nitrogens is 2. The van der Waals surface area contributed by atoms with E-state index in [1.165, 1.54) is 12.1 Å². The smallest absolute Gasteiger partial charge is 0.263 e. The van der Waals surface area contributed by atoms with Crippen LogP contribution in [0.5, 0.6) is 5.75 Å². The van der Waals surface area contributed by atoms with Crippen molar-refractivity contribution in [1.82, 2.24) is 9.78 Å². The Kier molecular flexibility index (Phi) is 6.16. The van der Waals surface area contributed by atoms with Crippen LogP contribution >= 0.6 is 34.8 Å². The number of ether oxygens (including phenoxy) is 1. The number of amides is 1. The summed E-state index contributed by atoms with van der Waals surface area (Å²) in [6, 6.07) is 4.86. The Bertz CT molecular complexity index is 703. The average molecular weight is 377 g/mol. The summed E-state index contributed by atoms with van der Waals surface area (Å²) in [5, 5.41) is 7.88. The van der Waals surface area contributed by atoms with Crippen LogP contribution in [-0.4, -0.2) is 22.3 Å². The molecule has 0 fully saturated rings. The van der Waals surface area contributed by atoms with Gasteiger partial charge in [0.15, 0.2) is 6.61 Å². The van der Waals surface area contributed by atoms with Crippen molar-refractivity contribution in [3.63, 3.8) is 0 Å². The summed E-state index contributed by atoms with van der Waals surface area (Å²) in [5.74, 6) is 0.594. The zero-order valence-electron chi connectivity index (χ0n) is 12.6. The lowest BCUT2D eigenvalue weighted by Crippen LogP contribution is -2.23. The summed E-state index contributed by atoms with van der Waals surface area (Å²) in [6.45, 7) is 3.87. The lowest BCUT2D eigenvalue weighted by Gasteiger charge is -2.14. The third-order valence-corrected chi connectivity index (χ3v) is 4.30. The molecule has 8 heteroatoms. The van der Waals surface area contributed by atoms with Gasteiger partial charge in [-0.05, 0) is 19.4 Å². The zero-order valence-corrected chi connectivity index (χ0v) is 14.9. The number of carbonyl (C=O) groups excluding carboxylic acids is 1. The maximum absolute atomic E-state index is 12.0. The van der Waals surface area contributed by atoms with Crippen LogP contribution in [0.2, 0.25) is 15.1 Å². The van der Waals surface area contributed by atoms with E-state index in [-0.39, 0.29) is 23.6 Å². The lowest BCUT2D eigenvalue weighted by molar-refractivity contribution is -0.118. The van der Waals surface area contributed by atoms with Gasteiger partial charge in [0.05, 0.1) is 27.3 Å². The van der Waals surface area contributed by atoms with Crippen molar-refractivity contribution in [2.45, 2.75) is 26.3 Å². The number of nitrogens with one attached hydrogen (secondary N) is 1. The number of hydrogen-bond donors (Lipinski definition) is 1. The number of anilines is 1. The molecule has 2 rings (SSSR count). The van der Waals surface area contributed by atoms with Crippen molar-refractivity contribution in [1.29, 1.82) is 0 Å². The monoisotopic (exact) mass is 375 g/mol. The summed E-state index contributed by atoms with van der Waals surface area (Å²) < 4.78 is 7.15. The Balaban J connectivity index is 1.99. The first-order chi connectivity index (χ1) is 10.9. The van der Waals surface area contributed by atoms with E-state index in [1.807, 2.05) is 13.8 Å². The minimum absolute atomic E-state index is 0.186. The van der Waals surface area contributed by atoms with E-state index in [0.717, 1.165) is 6.42 Å². The number of halogens is 3. The molecule has 23 heavy (non-hydrogen) atoms. The second-order valence-corrected chi connectivity index (χ2v) is 6.17. The zero-order chi connectivity index (χ0) is 17.0. The molecule has 0 spiro atoms. The van der Waals surface area contributed by atoms with Crippen LogP contribution in [0, 0.1) is 0 Å². The van der Waals surface area contributed by atoms with Crippen molar-refractivity contribution in [2.75, 3.05) is 11.9 Å². The summed E-state index contributed by atoms with van der Waals surface area (Å²) in [5.41, 5.74) is 0. The van der Waals surface area contributed by atoms with Gasteiger partial charge in [0, 0.05) is 12.1 Å². The maximum atomic E-state index is 12.0. The van der Waals surface area contributed by atoms with Crippen molar-refractivity contribution in [2.24, 2.45) is 0 Å². The van der Waals surface area contributed by atoms with Gasteiger partial charge in [-0.2, -0.15) is 5.10 Å². The van der Waals surface area contributed by atoms with Crippen LogP contribution < -0.4 is 10.1 Å². The lowest BCUT2D eigenvalue weighted by atomic mass is 10.3. The third-order valence-electron chi connectivity index (χ3n) is 3.28. The summed E-state index contributed by atoms with van der Waals surface area (Å²) >= 11 is 17.7. The highest BCUT2D eigenvalue weighted by Crippen LogP contribution is 2.33. The molecule has 1 unspecified atom stereocenters. The molecule has 1 heterocycles. The van der Waals surface area contributed by atoms with Gasteiger partial charge in [0.25, 0.3) is 5.91 Å². The van der Waals surface area contributed by atoms with Crippen LogP contribution in [0.25, 0.3) is 0 Å². The van der Waals surface area contributed by atoms with Crippen LogP contribution in [-0.2, 0) is 4.79 Å². The molecule has 0 aliphatic carbocycles. The molecular formula is C15H16Cl3N3O2. The first kappa shape index (κ1) is 17.9. The highest BCUT2D eigenvalue weighted by Gasteiger charge is 2.13. The second-order valence-electron chi connectivity index (χ2n) is 4.95. The van der Waals surface area contributed by atoms with Crippen molar-refractivity contribution in [3.05, 3.63) is 39.5 Å². The van der Waals surface area contributed by atoms with Gasteiger partial charge in [0.2, 0.25) is 0 Å². The normalized spacial score (nSPS) is 12.0. The first-order valence-corrected chi connectivity index (χ1v) is 8.16. The maximum Gasteiger partial charge on any atom is 0.263 e. The topological polar surface area (TPSA) is 56.2 Å². The number of benzene rings is 1. The minimum Gasteiger partial charge on any atom is -0.482 e. The molecule has 1 N–H and O–H groups in total. The van der Waals surface area contributed by atoms with Gasteiger partial charge in [-0.3, -0.25) is 4.79 Å². The van der Waals surface area contributed by atoms with Gasteiger partial charge in [0.1, 0.15) is 11.6 Å². The molecule has 1 aromatic heterocycles. The predicted molar refractivity (Wildman–Crippen MR) is 92.8 cm³/mol. The molecule has 0 saturated heterocycles. The Morgan fingerprint density at radius 1 is 1.30 bits per heavy atom. The Morgan fingerprint density at radius 3 is 2.70 bits per heavy atom. The molecule has 1 aromatic carbocycles. The van der Waals surface area contributed by atoms with E-state index in [4.69, 9.17) is 39.5 Å². The molecule has 0 aliphatic rings. The minimum atomic E-state index is -0.322. The van der Waals surface area contributed by atoms with E-state index in [1.54, 1.807) is 16.9 Å². The summed E-state index contributed by atoms with van der Waals surface area (Å²) in [4.78, 5) is 12.0. The van der Waals surface area contributed by atoms with Gasteiger partial charge in [-0.1, -0.05) is 41.7 Å². The van der Waals surface area contributed by atoms with Crippen molar-refractivity contribution >= 4 is 46.5 Å². The Labute approximate surface area is 149 Å². The predicted octanol–water partition coefficient (Wildman–Crippen LogP) is 4.83. The fourth-order valence-electron chi connectivity index (χ4n) is 1.87. The summed E-state index contributed by atoms with van der Waals surface area (Å²) in [6.07, 6.45) is 2.54. The summed E-state index contributed by atoms with van der Waals surface area (Å²) in [7, 11) is 0. The number of hydrogen-bond acceptors (Lipinski definition) is 3. The van der Waals surface area contributed by atoms with Gasteiger partial charge < -0.3 is 10.1 Å². The molecule has 2 aromatic rings. The molecule has 0 aliphatic heterocycles. The number of rotatable bonds is 6. The third kappa shape index (κ3) is 4.53. The molecule has 0 bridgehead atoms. The molecule has 0 saturated carbocycles. The quantitative estimate of drug-likeness (QED) is 0.734. The van der Waals surface area contributed by atoms with Crippen LogP contribution in [0.1, 0.15) is 26.3 Å². The Hall–Kier alpha value is -1.43. The van der Waals surface area contributed by atoms with E-state index >= 15 is 0 Å². The second kappa shape index (κ2) is 7.90. The number of nitrogens with zero attached hydrogens (tertiary/aromatic N) is 2. The van der Waals surface area contributed by atoms with Crippen LogP contribution in [0.3, 0.4) is 0 Å². The van der Waals surface area contributed by atoms with Gasteiger partial charge in [-0.25, -0.2) is 4.68 Å². The number of carbonyl (C=O) groups is 1. The largest absolute Gasteiger partial charge is 0.482 e. The molecule has 5 nitrogen and oxygen atoms in total. The molecule has 1 amide bonds. The van der Waals surface area contributed by atoms with Crippen molar-refractivity contribution in [3.8, 4) is 5.75 Å². The van der Waals surface area contributed by atoms with E-state index < -0.39 is 0 Å².